The Morgan fingerprint density at radius 1 is 0.615 bits per heavy atom. The molecule has 27 heteroatoms. The number of benzene rings is 1. The van der Waals surface area contributed by atoms with E-state index in [0.29, 0.717) is 69.3 Å². The summed E-state index contributed by atoms with van der Waals surface area (Å²) in [5, 5.41) is 9.08. The van der Waals surface area contributed by atoms with Gasteiger partial charge in [-0.1, -0.05) is 94.8 Å². The normalized spacial score (nSPS) is 26.4. The summed E-state index contributed by atoms with van der Waals surface area (Å²) in [5.41, 5.74) is 0.649. The van der Waals surface area contributed by atoms with Gasteiger partial charge in [-0.05, 0) is 119 Å². The van der Waals surface area contributed by atoms with E-state index in [2.05, 4.69) is 16.0 Å². The highest BCUT2D eigenvalue weighted by Gasteiger charge is 2.44. The van der Waals surface area contributed by atoms with Crippen molar-refractivity contribution in [1.29, 1.82) is 0 Å². The zero-order valence-electron chi connectivity index (χ0n) is 58.7. The van der Waals surface area contributed by atoms with Gasteiger partial charge in [-0.15, -0.1) is 0 Å². The van der Waals surface area contributed by atoms with Crippen LogP contribution in [0.5, 0.6) is 5.75 Å². The molecule has 536 valence electrons. The van der Waals surface area contributed by atoms with Crippen molar-refractivity contribution in [3.05, 3.63) is 27.7 Å². The van der Waals surface area contributed by atoms with Crippen LogP contribution in [0.3, 0.4) is 0 Å². The molecule has 3 N–H and O–H groups in total. The highest BCUT2D eigenvalue weighted by molar-refractivity contribution is 6.43. The number of ether oxygens (including phenoxy) is 1. The van der Waals surface area contributed by atoms with Gasteiger partial charge < -0.3 is 64.8 Å². The predicted octanol–water partition coefficient (Wildman–Crippen LogP) is 4.90. The minimum Gasteiger partial charge on any atom is -0.495 e. The Morgan fingerprint density at radius 3 is 1.89 bits per heavy atom. The summed E-state index contributed by atoms with van der Waals surface area (Å²) in [6, 6.07) is -4.42. The molecule has 12 amide bonds. The fraction of sp³-hybridized carbons (Fsp3) is 0.739. The number of carbonyl (C=O) groups is 12. The van der Waals surface area contributed by atoms with Gasteiger partial charge in [0.15, 0.2) is 0 Å². The van der Waals surface area contributed by atoms with E-state index >= 15 is 4.79 Å². The van der Waals surface area contributed by atoms with Crippen molar-refractivity contribution in [2.45, 2.75) is 211 Å². The van der Waals surface area contributed by atoms with Crippen molar-refractivity contribution in [3.63, 3.8) is 0 Å². The van der Waals surface area contributed by atoms with E-state index in [4.69, 9.17) is 27.9 Å². The summed E-state index contributed by atoms with van der Waals surface area (Å²) >= 11 is 12.9. The smallest absolute Gasteiger partial charge is 0.246 e. The number of methoxy groups -OCH3 is 1. The molecule has 8 atom stereocenters. The van der Waals surface area contributed by atoms with E-state index in [1.54, 1.807) is 31.0 Å². The van der Waals surface area contributed by atoms with Crippen LogP contribution >= 0.6 is 23.2 Å². The third-order valence-electron chi connectivity index (χ3n) is 20.7. The van der Waals surface area contributed by atoms with Gasteiger partial charge in [0.2, 0.25) is 70.9 Å². The molecule has 5 fully saturated rings. The average Bonchev–Trinajstić information content (AvgIpc) is 1.01. The second kappa shape index (κ2) is 37.3. The molecule has 1 aromatic carbocycles. The maximum atomic E-state index is 15.2. The van der Waals surface area contributed by atoms with Gasteiger partial charge in [0, 0.05) is 81.9 Å². The van der Waals surface area contributed by atoms with E-state index in [1.165, 1.54) is 85.7 Å². The quantitative estimate of drug-likeness (QED) is 0.282. The van der Waals surface area contributed by atoms with Crippen molar-refractivity contribution in [3.8, 4) is 5.75 Å². The second-order valence-electron chi connectivity index (χ2n) is 27.5. The van der Waals surface area contributed by atoms with E-state index < -0.39 is 139 Å². The number of nitrogens with zero attached hydrogens (tertiary/aromatic N) is 9. The molecule has 3 aliphatic heterocycles. The lowest BCUT2D eigenvalue weighted by atomic mass is 9.82. The van der Waals surface area contributed by atoms with Crippen LogP contribution in [-0.4, -0.2) is 260 Å². The Labute approximate surface area is 578 Å². The Hall–Kier alpha value is -6.76. The molecule has 3 heterocycles. The van der Waals surface area contributed by atoms with Crippen LogP contribution in [0.1, 0.15) is 168 Å². The summed E-state index contributed by atoms with van der Waals surface area (Å²) in [5.74, 6) is -6.79. The third kappa shape index (κ3) is 20.9. The molecule has 2 aliphatic carbocycles. The average molecular weight is 1380 g/mol. The van der Waals surface area contributed by atoms with Crippen molar-refractivity contribution < 1.29 is 62.3 Å². The first-order valence-electron chi connectivity index (χ1n) is 34.9. The Morgan fingerprint density at radius 2 is 1.24 bits per heavy atom. The zero-order chi connectivity index (χ0) is 70.7. The van der Waals surface area contributed by atoms with E-state index in [9.17, 15) is 52.7 Å². The lowest BCUT2D eigenvalue weighted by Gasteiger charge is -2.41. The summed E-state index contributed by atoms with van der Waals surface area (Å²) in [7, 11) is 11.7. The molecule has 3 saturated heterocycles. The number of rotatable bonds is 10. The van der Waals surface area contributed by atoms with Gasteiger partial charge in [0.25, 0.3) is 0 Å². The summed E-state index contributed by atoms with van der Waals surface area (Å²) in [6.45, 7) is 4.86. The number of piperidine rings is 1. The predicted molar refractivity (Wildman–Crippen MR) is 364 cm³/mol. The fourth-order valence-electron chi connectivity index (χ4n) is 14.1. The fourth-order valence-corrected chi connectivity index (χ4v) is 14.5. The highest BCUT2D eigenvalue weighted by atomic mass is 35.5. The Bertz CT molecular complexity index is 2920. The molecule has 96 heavy (non-hydrogen) atoms. The number of carbonyl (C=O) groups excluding carboxylic acids is 12. The molecule has 5 aliphatic rings. The van der Waals surface area contributed by atoms with Gasteiger partial charge in [0.1, 0.15) is 53.1 Å². The standard InChI is InChI=1S/C69H108Cl2N12O13/c1-12-44(2)61-68(94)77(6)42-58(87)75(4)43-59(88)79(8)52(38-46-25-16-13-17-26-46)66(92)76(5)41-55(84)73-50(32-31-47-37-49(70)60(71)54(39-47)96-11)65(91)83-36-24-29-51(83)64(90)72-33-21-20-30-56(85)81(10)62(48-27-18-14-19-28-48)69(95)80(9)53(67(93)82-34-22-15-23-35-82)40-57(86)78(7)45(3)63(89)74-61/h37,39,44-46,48,50-53,61-62H,12-36,38,40-43H2,1-11H3,(H,72,90)(H,73,84)(H,74,89)/t44?,45-,50-,51-,52-,53-,61?,62-/m0/s1. The van der Waals surface area contributed by atoms with Gasteiger partial charge in [-0.25, -0.2) is 0 Å². The van der Waals surface area contributed by atoms with Crippen LogP contribution in [0, 0.1) is 17.8 Å². The van der Waals surface area contributed by atoms with Crippen molar-refractivity contribution in [1.82, 2.24) is 60.0 Å². The third-order valence-corrected chi connectivity index (χ3v) is 21.5. The monoisotopic (exact) mass is 1380 g/mol. The minimum atomic E-state index is -1.30. The molecule has 25 nitrogen and oxygen atoms in total. The molecular weight excluding hydrogens is 1280 g/mol. The first-order chi connectivity index (χ1) is 45.6. The van der Waals surface area contributed by atoms with Crippen LogP contribution in [0.2, 0.25) is 10.0 Å². The first kappa shape index (κ1) is 78.2. The molecule has 1 aromatic rings. The van der Waals surface area contributed by atoms with Gasteiger partial charge in [-0.3, -0.25) is 57.5 Å². The molecule has 0 spiro atoms. The lowest BCUT2D eigenvalue weighted by Crippen LogP contribution is -2.59. The number of aryl methyl sites for hydroxylation is 1. The van der Waals surface area contributed by atoms with E-state index in [1.807, 2.05) is 6.92 Å². The topological polar surface area (TPSA) is 279 Å². The van der Waals surface area contributed by atoms with Gasteiger partial charge >= 0.3 is 0 Å². The van der Waals surface area contributed by atoms with Crippen LogP contribution in [0.25, 0.3) is 0 Å². The van der Waals surface area contributed by atoms with Crippen LogP contribution in [-0.2, 0) is 64.0 Å². The molecule has 6 rings (SSSR count). The van der Waals surface area contributed by atoms with Crippen LogP contribution in [0.4, 0.5) is 0 Å². The molecule has 0 radical (unpaired) electrons. The van der Waals surface area contributed by atoms with Gasteiger partial charge in [-0.2, -0.15) is 0 Å². The SMILES string of the molecule is CCC(C)C1NC(=O)[C@H](C)N(C)C(=O)C[C@@H](C(=O)N2CCCCC2)N(C)C(=O)[C@H](C2CCCCC2)N(C)C(=O)CCCCNC(=O)[C@@H]2CCCN2C(=O)[C@H](CCc2cc(Cl)c(Cl)c(OC)c2)NC(=O)CN(C)C(=O)[C@H](CC2CCCCC2)N(C)C(=O)CN(C)C(=O)CN(C)C1=O. The van der Waals surface area contributed by atoms with Crippen LogP contribution in [0.15, 0.2) is 12.1 Å². The van der Waals surface area contributed by atoms with Crippen LogP contribution < -0.4 is 20.7 Å². The molecule has 2 saturated carbocycles. The Kier molecular flexibility index (Phi) is 30.4. The number of likely N-dealkylation sites (N-methyl/N-ethyl adjacent to an activating group) is 7. The molecule has 0 aromatic heterocycles. The maximum Gasteiger partial charge on any atom is 0.246 e. The Balaban J connectivity index is 1.31. The largest absolute Gasteiger partial charge is 0.495 e. The molecule has 2 unspecified atom stereocenters. The van der Waals surface area contributed by atoms with E-state index in [0.717, 1.165) is 80.4 Å². The number of halogens is 2. The number of likely N-dealkylation sites (tertiary alicyclic amines) is 1. The van der Waals surface area contributed by atoms with Crippen molar-refractivity contribution in [2.24, 2.45) is 17.8 Å². The summed E-state index contributed by atoms with van der Waals surface area (Å²) in [4.78, 5) is 186. The number of fused-ring (bicyclic) bond motifs is 1. The summed E-state index contributed by atoms with van der Waals surface area (Å²) < 4.78 is 5.45. The van der Waals surface area contributed by atoms with E-state index in [-0.39, 0.29) is 66.6 Å². The highest BCUT2D eigenvalue weighted by Crippen LogP contribution is 2.35. The van der Waals surface area contributed by atoms with Crippen molar-refractivity contribution >= 4 is 94.1 Å². The maximum absolute atomic E-state index is 15.2. The molecule has 0 bridgehead atoms. The lowest BCUT2D eigenvalue weighted by molar-refractivity contribution is -0.155. The first-order valence-corrected chi connectivity index (χ1v) is 35.6. The number of hydrogen-bond acceptors (Lipinski definition) is 13. The summed E-state index contributed by atoms with van der Waals surface area (Å²) in [6.07, 6.45) is 13.0. The van der Waals surface area contributed by atoms with Crippen molar-refractivity contribution in [2.75, 3.05) is 102 Å². The number of amides is 12. The minimum absolute atomic E-state index is 0.0259. The second-order valence-corrected chi connectivity index (χ2v) is 28.3. The van der Waals surface area contributed by atoms with Gasteiger partial charge in [0.05, 0.1) is 38.2 Å². The molecular formula is C69H108Cl2N12O13. The zero-order valence-corrected chi connectivity index (χ0v) is 60.2. The number of hydrogen-bond donors (Lipinski definition) is 3. The number of nitrogens with one attached hydrogen (secondary N) is 3.